The summed E-state index contributed by atoms with van der Waals surface area (Å²) >= 11 is 1.55. The summed E-state index contributed by atoms with van der Waals surface area (Å²) in [7, 11) is 0. The zero-order valence-corrected chi connectivity index (χ0v) is 21.9. The van der Waals surface area contributed by atoms with E-state index < -0.39 is 47.9 Å². The Kier molecular flexibility index (Phi) is 10.5. The molecule has 0 bridgehead atoms. The Balaban J connectivity index is 1.82. The van der Waals surface area contributed by atoms with E-state index in [1.807, 2.05) is 6.26 Å². The van der Waals surface area contributed by atoms with E-state index in [4.69, 9.17) is 5.73 Å². The zero-order chi connectivity index (χ0) is 27.7. The molecule has 13 heteroatoms. The van der Waals surface area contributed by atoms with Crippen LogP contribution in [-0.4, -0.2) is 91.5 Å². The lowest BCUT2D eigenvalue weighted by Gasteiger charge is -2.29. The molecule has 1 aliphatic heterocycles. The number of hydrogen-bond donors (Lipinski definition) is 6. The molecule has 0 radical (unpaired) electrons. The SMILES string of the molecule is CSCCC(N)C(=O)NC(Cc1ccc(O)cc1)C(=O)NC(Cc1cnc[nH]1)C(=O)N1CCCC1C(=O)O. The van der Waals surface area contributed by atoms with Crippen LogP contribution >= 0.6 is 11.8 Å². The van der Waals surface area contributed by atoms with Crippen molar-refractivity contribution in [1.29, 1.82) is 0 Å². The van der Waals surface area contributed by atoms with Crippen molar-refractivity contribution in [3.05, 3.63) is 48.0 Å². The molecule has 2 aromatic rings. The van der Waals surface area contributed by atoms with Crippen LogP contribution in [0.1, 0.15) is 30.5 Å². The van der Waals surface area contributed by atoms with Crippen LogP contribution in [0.3, 0.4) is 0 Å². The normalized spacial score (nSPS) is 17.4. The number of carboxylic acids is 1. The fraction of sp³-hybridized carbons (Fsp3) is 0.480. The van der Waals surface area contributed by atoms with Crippen LogP contribution in [0, 0.1) is 0 Å². The average Bonchev–Trinajstić information content (AvgIpc) is 3.59. The highest BCUT2D eigenvalue weighted by atomic mass is 32.2. The first-order chi connectivity index (χ1) is 18.2. The lowest BCUT2D eigenvalue weighted by atomic mass is 10.0. The monoisotopic (exact) mass is 546 g/mol. The number of rotatable bonds is 13. The highest BCUT2D eigenvalue weighted by molar-refractivity contribution is 7.98. The number of hydrogen-bond acceptors (Lipinski definition) is 8. The maximum atomic E-state index is 13.5. The van der Waals surface area contributed by atoms with Crippen molar-refractivity contribution in [3.8, 4) is 5.75 Å². The molecule has 0 saturated carbocycles. The van der Waals surface area contributed by atoms with E-state index in [-0.39, 0.29) is 25.1 Å². The number of aromatic amines is 1. The molecule has 1 fully saturated rings. The molecule has 7 N–H and O–H groups in total. The second kappa shape index (κ2) is 13.8. The van der Waals surface area contributed by atoms with Gasteiger partial charge in [0.05, 0.1) is 12.4 Å². The van der Waals surface area contributed by atoms with E-state index in [0.29, 0.717) is 36.3 Å². The van der Waals surface area contributed by atoms with Crippen LogP contribution in [0.15, 0.2) is 36.8 Å². The number of likely N-dealkylation sites (tertiary alicyclic amines) is 1. The number of benzene rings is 1. The zero-order valence-electron chi connectivity index (χ0n) is 21.1. The smallest absolute Gasteiger partial charge is 0.326 e. The minimum absolute atomic E-state index is 0.0561. The van der Waals surface area contributed by atoms with Gasteiger partial charge in [-0.3, -0.25) is 14.4 Å². The molecule has 206 valence electrons. The van der Waals surface area contributed by atoms with Gasteiger partial charge in [-0.25, -0.2) is 9.78 Å². The summed E-state index contributed by atoms with van der Waals surface area (Å²) in [6.07, 6.45) is 6.30. The molecule has 3 rings (SSSR count). The summed E-state index contributed by atoms with van der Waals surface area (Å²) in [5, 5.41) is 24.6. The fourth-order valence-corrected chi connectivity index (χ4v) is 4.80. The molecule has 1 aromatic heterocycles. The summed E-state index contributed by atoms with van der Waals surface area (Å²) in [4.78, 5) is 59.6. The predicted molar refractivity (Wildman–Crippen MR) is 141 cm³/mol. The topological polar surface area (TPSA) is 191 Å². The van der Waals surface area contributed by atoms with E-state index in [2.05, 4.69) is 20.6 Å². The maximum Gasteiger partial charge on any atom is 0.326 e. The van der Waals surface area contributed by atoms with E-state index >= 15 is 0 Å². The van der Waals surface area contributed by atoms with Crippen molar-refractivity contribution >= 4 is 35.5 Å². The summed E-state index contributed by atoms with van der Waals surface area (Å²) in [6, 6.07) is 2.26. The third-order valence-electron chi connectivity index (χ3n) is 6.39. The number of phenolic OH excluding ortho intramolecular Hbond substituents is 1. The number of nitrogens with two attached hydrogens (primary N) is 1. The molecule has 1 aliphatic rings. The third-order valence-corrected chi connectivity index (χ3v) is 7.04. The average molecular weight is 547 g/mol. The lowest BCUT2D eigenvalue weighted by Crippen LogP contribution is -2.58. The molecule has 38 heavy (non-hydrogen) atoms. The van der Waals surface area contributed by atoms with E-state index in [9.17, 15) is 29.4 Å². The number of aromatic hydroxyl groups is 1. The van der Waals surface area contributed by atoms with E-state index in [1.54, 1.807) is 23.9 Å². The quantitative estimate of drug-likeness (QED) is 0.201. The molecule has 1 aromatic carbocycles. The number of thioether (sulfide) groups is 1. The van der Waals surface area contributed by atoms with Gasteiger partial charge in [-0.2, -0.15) is 11.8 Å². The Morgan fingerprint density at radius 2 is 1.87 bits per heavy atom. The lowest BCUT2D eigenvalue weighted by molar-refractivity contribution is -0.149. The van der Waals surface area contributed by atoms with Gasteiger partial charge in [-0.1, -0.05) is 12.1 Å². The van der Waals surface area contributed by atoms with Gasteiger partial charge in [0.1, 0.15) is 23.9 Å². The largest absolute Gasteiger partial charge is 0.508 e. The van der Waals surface area contributed by atoms with Crippen molar-refractivity contribution < 1.29 is 29.4 Å². The molecule has 12 nitrogen and oxygen atoms in total. The van der Waals surface area contributed by atoms with Crippen molar-refractivity contribution in [2.45, 2.75) is 56.3 Å². The van der Waals surface area contributed by atoms with Gasteiger partial charge in [-0.15, -0.1) is 0 Å². The molecule has 1 saturated heterocycles. The fourth-order valence-electron chi connectivity index (χ4n) is 4.31. The number of phenols is 1. The number of carbonyl (C=O) groups is 4. The van der Waals surface area contributed by atoms with Crippen LogP contribution in [-0.2, 0) is 32.0 Å². The Hall–Kier alpha value is -3.58. The van der Waals surface area contributed by atoms with Gasteiger partial charge in [0, 0.05) is 31.3 Å². The standard InChI is InChI=1S/C25H34N6O6S/c1-38-10-8-18(26)22(33)29-19(11-15-4-6-17(32)7-5-15)23(34)30-20(12-16-13-27-14-28-16)24(35)31-9-2-3-21(31)25(36)37/h4-7,13-14,18-21,32H,2-3,8-12,26H2,1H3,(H,27,28)(H,29,33)(H,30,34)(H,36,37). The van der Waals surface area contributed by atoms with Crippen LogP contribution in [0.2, 0.25) is 0 Å². The summed E-state index contributed by atoms with van der Waals surface area (Å²) < 4.78 is 0. The number of aromatic nitrogens is 2. The minimum atomic E-state index is -1.10. The van der Waals surface area contributed by atoms with Gasteiger partial charge < -0.3 is 36.5 Å². The van der Waals surface area contributed by atoms with Gasteiger partial charge in [0.2, 0.25) is 17.7 Å². The van der Waals surface area contributed by atoms with Crippen molar-refractivity contribution in [3.63, 3.8) is 0 Å². The number of nitrogens with zero attached hydrogens (tertiary/aromatic N) is 2. The molecule has 0 aliphatic carbocycles. The maximum absolute atomic E-state index is 13.5. The van der Waals surface area contributed by atoms with Gasteiger partial charge in [-0.05, 0) is 49.0 Å². The molecule has 3 amide bonds. The molecule has 4 unspecified atom stereocenters. The molecule has 0 spiro atoms. The van der Waals surface area contributed by atoms with Gasteiger partial charge in [0.25, 0.3) is 0 Å². The Bertz CT molecular complexity index is 1100. The van der Waals surface area contributed by atoms with Crippen LogP contribution in [0.5, 0.6) is 5.75 Å². The number of carbonyl (C=O) groups excluding carboxylic acids is 3. The molecule has 2 heterocycles. The Morgan fingerprint density at radius 3 is 2.50 bits per heavy atom. The first kappa shape index (κ1) is 29.0. The Morgan fingerprint density at radius 1 is 1.16 bits per heavy atom. The number of H-pyrrole nitrogens is 1. The second-order valence-electron chi connectivity index (χ2n) is 9.19. The van der Waals surface area contributed by atoms with Gasteiger partial charge in [0.15, 0.2) is 0 Å². The number of nitrogens with one attached hydrogen (secondary N) is 3. The first-order valence-corrected chi connectivity index (χ1v) is 13.7. The van der Waals surface area contributed by atoms with Gasteiger partial charge >= 0.3 is 5.97 Å². The Labute approximate surface area is 224 Å². The van der Waals surface area contributed by atoms with E-state index in [1.165, 1.54) is 29.6 Å². The second-order valence-corrected chi connectivity index (χ2v) is 10.2. The van der Waals surface area contributed by atoms with Crippen molar-refractivity contribution in [2.24, 2.45) is 5.73 Å². The van der Waals surface area contributed by atoms with Crippen molar-refractivity contribution in [1.82, 2.24) is 25.5 Å². The first-order valence-electron chi connectivity index (χ1n) is 12.3. The molecular formula is C25H34N6O6S. The number of amides is 3. The van der Waals surface area contributed by atoms with E-state index in [0.717, 1.165) is 0 Å². The summed E-state index contributed by atoms with van der Waals surface area (Å²) in [5.41, 5.74) is 7.26. The highest BCUT2D eigenvalue weighted by Gasteiger charge is 2.38. The number of aliphatic carboxylic acids is 1. The highest BCUT2D eigenvalue weighted by Crippen LogP contribution is 2.20. The van der Waals surface area contributed by atoms with Crippen LogP contribution in [0.4, 0.5) is 0 Å². The van der Waals surface area contributed by atoms with Crippen LogP contribution in [0.25, 0.3) is 0 Å². The summed E-state index contributed by atoms with van der Waals surface area (Å²) in [6.45, 7) is 0.267. The molecule has 4 atom stereocenters. The number of carboxylic acid groups (broad SMARTS) is 1. The minimum Gasteiger partial charge on any atom is -0.508 e. The molecular weight excluding hydrogens is 512 g/mol. The summed E-state index contributed by atoms with van der Waals surface area (Å²) in [5.74, 6) is -2.01. The van der Waals surface area contributed by atoms with Crippen LogP contribution < -0.4 is 16.4 Å². The predicted octanol–water partition coefficient (Wildman–Crippen LogP) is 0.0261. The van der Waals surface area contributed by atoms with Crippen molar-refractivity contribution in [2.75, 3.05) is 18.6 Å². The third kappa shape index (κ3) is 7.96. The number of imidazole rings is 1.